The molecule has 0 aromatic carbocycles. The predicted octanol–water partition coefficient (Wildman–Crippen LogP) is 0.803. The van der Waals surface area contributed by atoms with Crippen molar-refractivity contribution in [2.24, 2.45) is 10.9 Å². The summed E-state index contributed by atoms with van der Waals surface area (Å²) in [5.74, 6) is 0.0602. The Morgan fingerprint density at radius 3 is 2.79 bits per heavy atom. The summed E-state index contributed by atoms with van der Waals surface area (Å²) >= 11 is 5.51. The van der Waals surface area contributed by atoms with E-state index in [4.69, 9.17) is 11.6 Å². The van der Waals surface area contributed by atoms with Crippen LogP contribution in [0.5, 0.6) is 0 Å². The average molecular weight is 235 g/mol. The highest BCUT2D eigenvalue weighted by Crippen LogP contribution is 2.31. The van der Waals surface area contributed by atoms with Crippen molar-refractivity contribution >= 4 is 25.9 Å². The second-order valence-electron chi connectivity index (χ2n) is 3.66. The molecule has 0 spiro atoms. The number of hydrogen-bond donors (Lipinski definition) is 0. The maximum absolute atomic E-state index is 11.6. The molecule has 0 amide bonds. The highest BCUT2D eigenvalue weighted by molar-refractivity contribution is 8.12. The zero-order valence-corrected chi connectivity index (χ0v) is 9.35. The van der Waals surface area contributed by atoms with Crippen LogP contribution in [0.25, 0.3) is 0 Å². The van der Waals surface area contributed by atoms with Gasteiger partial charge in [-0.3, -0.25) is 0 Å². The van der Waals surface area contributed by atoms with Gasteiger partial charge in [0.15, 0.2) is 0 Å². The molecule has 0 aromatic rings. The normalized spacial score (nSPS) is 31.7. The molecule has 78 valence electrons. The number of hydrogen-bond acceptors (Lipinski definition) is 4. The molecule has 0 N–H and O–H groups in total. The van der Waals surface area contributed by atoms with Crippen LogP contribution < -0.4 is 0 Å². The summed E-state index contributed by atoms with van der Waals surface area (Å²) < 4.78 is 23.0. The van der Waals surface area contributed by atoms with Gasteiger partial charge in [0.05, 0.1) is 4.91 Å². The minimum atomic E-state index is -3.42. The van der Waals surface area contributed by atoms with Crippen LogP contribution in [0, 0.1) is 5.92 Å². The van der Waals surface area contributed by atoms with Crippen LogP contribution in [0.4, 0.5) is 0 Å². The van der Waals surface area contributed by atoms with Crippen molar-refractivity contribution in [3.63, 3.8) is 0 Å². The first-order chi connectivity index (χ1) is 6.51. The van der Waals surface area contributed by atoms with E-state index < -0.39 is 9.84 Å². The lowest BCUT2D eigenvalue weighted by molar-refractivity contribution is 0.407. The van der Waals surface area contributed by atoms with Gasteiger partial charge in [-0.1, -0.05) is 0 Å². The number of nitrogens with zero attached hydrogens (tertiary/aromatic N) is 2. The summed E-state index contributed by atoms with van der Waals surface area (Å²) in [7, 11) is -1.45. The molecular weight excluding hydrogens is 224 g/mol. The van der Waals surface area contributed by atoms with Gasteiger partial charge in [0.1, 0.15) is 0 Å². The number of aliphatic imine (C=N–C) groups is 1. The number of rotatable bonds is 1. The molecule has 0 saturated carbocycles. The minimum Gasteiger partial charge on any atom is -0.306 e. The molecule has 4 nitrogen and oxygen atoms in total. The minimum absolute atomic E-state index is 0.0602. The van der Waals surface area contributed by atoms with Crippen molar-refractivity contribution in [3.8, 4) is 0 Å². The molecule has 0 aromatic heterocycles. The smallest absolute Gasteiger partial charge is 0.232 e. The van der Waals surface area contributed by atoms with Gasteiger partial charge in [-0.15, -0.1) is 0 Å². The van der Waals surface area contributed by atoms with E-state index in [0.717, 1.165) is 19.5 Å². The quantitative estimate of drug-likeness (QED) is 0.675. The summed E-state index contributed by atoms with van der Waals surface area (Å²) in [6.45, 7) is 1.69. The van der Waals surface area contributed by atoms with Crippen LogP contribution in [0.3, 0.4) is 0 Å². The number of likely N-dealkylation sites (tertiary alicyclic amines) is 1. The Labute approximate surface area is 88.2 Å². The van der Waals surface area contributed by atoms with Crippen LogP contribution in [0.1, 0.15) is 6.42 Å². The lowest BCUT2D eigenvalue weighted by Gasteiger charge is -2.10. The van der Waals surface area contributed by atoms with Crippen LogP contribution in [0.15, 0.2) is 16.1 Å². The Bertz CT molecular complexity index is 413. The molecule has 2 heterocycles. The summed E-state index contributed by atoms with van der Waals surface area (Å²) in [5.41, 5.74) is 0. The fourth-order valence-electron chi connectivity index (χ4n) is 1.84. The van der Waals surface area contributed by atoms with Crippen molar-refractivity contribution in [2.75, 3.05) is 20.1 Å². The van der Waals surface area contributed by atoms with Crippen molar-refractivity contribution in [2.45, 2.75) is 6.42 Å². The second-order valence-corrected chi connectivity index (χ2v) is 6.11. The Hall–Kier alpha value is -0.390. The van der Waals surface area contributed by atoms with Crippen LogP contribution >= 0.6 is 11.6 Å². The molecule has 14 heavy (non-hydrogen) atoms. The molecule has 1 saturated heterocycles. The molecular formula is C8H11ClN2O2S. The van der Waals surface area contributed by atoms with E-state index in [1.54, 1.807) is 0 Å². The van der Waals surface area contributed by atoms with E-state index in [2.05, 4.69) is 9.89 Å². The van der Waals surface area contributed by atoms with Gasteiger partial charge < -0.3 is 4.90 Å². The van der Waals surface area contributed by atoms with Crippen molar-refractivity contribution in [3.05, 3.63) is 11.1 Å². The van der Waals surface area contributed by atoms with E-state index in [1.165, 1.54) is 6.20 Å². The second kappa shape index (κ2) is 3.32. The maximum atomic E-state index is 11.6. The SMILES string of the molecule is CN1CCC(C2=CN=C(Cl)S2(=O)=O)C1. The van der Waals surface area contributed by atoms with Crippen LogP contribution in [-0.4, -0.2) is 38.0 Å². The van der Waals surface area contributed by atoms with Gasteiger partial charge in [0, 0.05) is 18.7 Å². The fraction of sp³-hybridized carbons (Fsp3) is 0.625. The van der Waals surface area contributed by atoms with Gasteiger partial charge in [0.25, 0.3) is 0 Å². The Kier molecular flexibility index (Phi) is 2.41. The third-order valence-corrected chi connectivity index (χ3v) is 4.93. The lowest BCUT2D eigenvalue weighted by atomic mass is 10.1. The number of sulfone groups is 1. The molecule has 6 heteroatoms. The van der Waals surface area contributed by atoms with Gasteiger partial charge in [-0.05, 0) is 31.6 Å². The Morgan fingerprint density at radius 2 is 2.36 bits per heavy atom. The van der Waals surface area contributed by atoms with Gasteiger partial charge in [-0.25, -0.2) is 13.4 Å². The molecule has 0 aliphatic carbocycles. The Balaban J connectivity index is 2.24. The molecule has 1 fully saturated rings. The highest BCUT2D eigenvalue weighted by atomic mass is 35.5. The average Bonchev–Trinajstić information content (AvgIpc) is 2.60. The first-order valence-electron chi connectivity index (χ1n) is 4.39. The maximum Gasteiger partial charge on any atom is 0.232 e. The summed E-state index contributed by atoms with van der Waals surface area (Å²) in [5, 5.41) is 0. The highest BCUT2D eigenvalue weighted by Gasteiger charge is 2.36. The van der Waals surface area contributed by atoms with E-state index >= 15 is 0 Å². The largest absolute Gasteiger partial charge is 0.306 e. The third-order valence-electron chi connectivity index (χ3n) is 2.62. The van der Waals surface area contributed by atoms with Gasteiger partial charge >= 0.3 is 0 Å². The third kappa shape index (κ3) is 1.49. The summed E-state index contributed by atoms with van der Waals surface area (Å²) in [6.07, 6.45) is 2.25. The predicted molar refractivity (Wildman–Crippen MR) is 55.9 cm³/mol. The first-order valence-corrected chi connectivity index (χ1v) is 6.25. The first kappa shape index (κ1) is 10.1. The monoisotopic (exact) mass is 234 g/mol. The number of halogens is 1. The molecule has 2 rings (SSSR count). The molecule has 1 atom stereocenters. The molecule has 2 aliphatic rings. The molecule has 1 unspecified atom stereocenters. The molecule has 2 aliphatic heterocycles. The topological polar surface area (TPSA) is 49.7 Å². The summed E-state index contributed by atoms with van der Waals surface area (Å²) in [4.78, 5) is 6.14. The van der Waals surface area contributed by atoms with E-state index in [9.17, 15) is 8.42 Å². The zero-order chi connectivity index (χ0) is 10.3. The van der Waals surface area contributed by atoms with Crippen molar-refractivity contribution in [1.82, 2.24) is 4.90 Å². The van der Waals surface area contributed by atoms with E-state index in [-0.39, 0.29) is 10.4 Å². The van der Waals surface area contributed by atoms with Crippen molar-refractivity contribution in [1.29, 1.82) is 0 Å². The van der Waals surface area contributed by atoms with Gasteiger partial charge in [-0.2, -0.15) is 0 Å². The van der Waals surface area contributed by atoms with Crippen molar-refractivity contribution < 1.29 is 8.42 Å². The standard InChI is InChI=1S/C8H11ClN2O2S/c1-11-3-2-6(5-11)7-4-10-8(9)14(7,12)13/h4,6H,2-3,5H2,1H3. The lowest BCUT2D eigenvalue weighted by Crippen LogP contribution is -2.19. The van der Waals surface area contributed by atoms with E-state index in [0.29, 0.717) is 4.91 Å². The molecule has 0 bridgehead atoms. The van der Waals surface area contributed by atoms with Crippen LogP contribution in [-0.2, 0) is 9.84 Å². The fourth-order valence-corrected chi connectivity index (χ4v) is 3.37. The molecule has 0 radical (unpaired) electrons. The Morgan fingerprint density at radius 1 is 1.64 bits per heavy atom. The van der Waals surface area contributed by atoms with Crippen LogP contribution in [0.2, 0.25) is 0 Å². The summed E-state index contributed by atoms with van der Waals surface area (Å²) in [6, 6.07) is 0. The zero-order valence-electron chi connectivity index (χ0n) is 7.77. The van der Waals surface area contributed by atoms with Gasteiger partial charge in [0.2, 0.25) is 14.3 Å². The van der Waals surface area contributed by atoms with E-state index in [1.807, 2.05) is 7.05 Å².